The van der Waals surface area contributed by atoms with Crippen molar-refractivity contribution in [1.82, 2.24) is 10.3 Å². The molecule has 0 aliphatic carbocycles. The zero-order valence-electron chi connectivity index (χ0n) is 13.6. The lowest BCUT2D eigenvalue weighted by atomic mass is 10.2. The van der Waals surface area contributed by atoms with Crippen molar-refractivity contribution in [3.63, 3.8) is 0 Å². The lowest BCUT2D eigenvalue weighted by molar-refractivity contribution is -0.0168. The first-order chi connectivity index (χ1) is 9.26. The van der Waals surface area contributed by atoms with Crippen LogP contribution < -0.4 is 10.1 Å². The third-order valence-corrected chi connectivity index (χ3v) is 2.57. The number of hydrogen-bond acceptors (Lipinski definition) is 4. The highest BCUT2D eigenvalue weighted by Gasteiger charge is 2.09. The highest BCUT2D eigenvalue weighted by atomic mass is 16.5. The van der Waals surface area contributed by atoms with E-state index in [1.807, 2.05) is 33.8 Å². The smallest absolute Gasteiger partial charge is 0.213 e. The van der Waals surface area contributed by atoms with E-state index in [-0.39, 0.29) is 5.60 Å². The molecular weight excluding hydrogens is 252 g/mol. The van der Waals surface area contributed by atoms with Crippen molar-refractivity contribution >= 4 is 0 Å². The maximum atomic E-state index is 5.67. The predicted molar refractivity (Wildman–Crippen MR) is 82.1 cm³/mol. The zero-order valence-corrected chi connectivity index (χ0v) is 13.6. The maximum Gasteiger partial charge on any atom is 0.213 e. The van der Waals surface area contributed by atoms with Gasteiger partial charge in [0.25, 0.3) is 0 Å². The molecule has 0 atom stereocenters. The number of pyridine rings is 1. The van der Waals surface area contributed by atoms with Crippen LogP contribution in [0.3, 0.4) is 0 Å². The summed E-state index contributed by atoms with van der Waals surface area (Å²) in [4.78, 5) is 4.39. The van der Waals surface area contributed by atoms with Crippen LogP contribution in [0.1, 0.15) is 45.9 Å². The first-order valence-corrected chi connectivity index (χ1v) is 7.24. The van der Waals surface area contributed by atoms with E-state index in [0.717, 1.165) is 12.2 Å². The monoisotopic (exact) mass is 280 g/mol. The van der Waals surface area contributed by atoms with Gasteiger partial charge < -0.3 is 14.8 Å². The summed E-state index contributed by atoms with van der Waals surface area (Å²) >= 11 is 0. The van der Waals surface area contributed by atoms with Crippen molar-refractivity contribution in [2.75, 3.05) is 13.2 Å². The molecule has 1 aromatic rings. The predicted octanol–water partition coefficient (Wildman–Crippen LogP) is 3.08. The molecule has 4 heteroatoms. The minimum atomic E-state index is -0.129. The molecular formula is C16H28N2O2. The number of rotatable bonds is 7. The van der Waals surface area contributed by atoms with Crippen molar-refractivity contribution in [1.29, 1.82) is 0 Å². The molecule has 0 aromatic carbocycles. The summed E-state index contributed by atoms with van der Waals surface area (Å²) in [7, 11) is 0. The molecule has 1 rings (SSSR count). The summed E-state index contributed by atoms with van der Waals surface area (Å²) in [6.07, 6.45) is 0. The van der Waals surface area contributed by atoms with Gasteiger partial charge >= 0.3 is 0 Å². The van der Waals surface area contributed by atoms with Crippen LogP contribution in [0.4, 0.5) is 0 Å². The highest BCUT2D eigenvalue weighted by molar-refractivity contribution is 5.24. The molecule has 0 spiro atoms. The maximum absolute atomic E-state index is 5.67. The molecule has 1 heterocycles. The van der Waals surface area contributed by atoms with E-state index >= 15 is 0 Å². The normalized spacial score (nSPS) is 11.9. The molecule has 0 aliphatic rings. The number of nitrogens with zero attached hydrogens (tertiary/aromatic N) is 1. The number of nitrogens with one attached hydrogen (secondary N) is 1. The summed E-state index contributed by atoms with van der Waals surface area (Å²) in [5, 5.41) is 3.40. The van der Waals surface area contributed by atoms with Gasteiger partial charge in [0.1, 0.15) is 6.61 Å². The molecule has 20 heavy (non-hydrogen) atoms. The Kier molecular flexibility index (Phi) is 6.43. The Balaban J connectivity index is 2.49. The lowest BCUT2D eigenvalue weighted by Gasteiger charge is -2.19. The van der Waals surface area contributed by atoms with Crippen molar-refractivity contribution in [2.45, 2.75) is 59.7 Å². The van der Waals surface area contributed by atoms with E-state index < -0.39 is 0 Å². The number of hydrogen-bond donors (Lipinski definition) is 1. The third-order valence-electron chi connectivity index (χ3n) is 2.57. The first-order valence-electron chi connectivity index (χ1n) is 7.24. The number of aryl methyl sites for hydroxylation is 1. The number of aromatic nitrogens is 1. The molecule has 0 aliphatic heterocycles. The molecule has 1 aromatic heterocycles. The van der Waals surface area contributed by atoms with E-state index in [0.29, 0.717) is 25.1 Å². The Hall–Kier alpha value is -1.13. The molecule has 0 bridgehead atoms. The lowest BCUT2D eigenvalue weighted by Crippen LogP contribution is -2.23. The second-order valence-corrected chi connectivity index (χ2v) is 6.30. The van der Waals surface area contributed by atoms with Gasteiger partial charge in [0.15, 0.2) is 0 Å². The number of ether oxygens (including phenoxy) is 2. The van der Waals surface area contributed by atoms with Gasteiger partial charge in [0.05, 0.1) is 12.2 Å². The van der Waals surface area contributed by atoms with Gasteiger partial charge in [0, 0.05) is 24.3 Å². The van der Waals surface area contributed by atoms with Crippen molar-refractivity contribution in [3.05, 3.63) is 23.4 Å². The molecule has 0 radical (unpaired) electrons. The van der Waals surface area contributed by atoms with Crippen LogP contribution in [0.2, 0.25) is 0 Å². The Morgan fingerprint density at radius 1 is 1.20 bits per heavy atom. The average molecular weight is 280 g/mol. The summed E-state index contributed by atoms with van der Waals surface area (Å²) in [6, 6.07) is 4.53. The fourth-order valence-electron chi connectivity index (χ4n) is 1.70. The van der Waals surface area contributed by atoms with E-state index in [4.69, 9.17) is 9.47 Å². The topological polar surface area (TPSA) is 43.4 Å². The van der Waals surface area contributed by atoms with Crippen LogP contribution >= 0.6 is 0 Å². The van der Waals surface area contributed by atoms with Gasteiger partial charge in [-0.2, -0.15) is 0 Å². The Bertz CT molecular complexity index is 411. The fourth-order valence-corrected chi connectivity index (χ4v) is 1.70. The van der Waals surface area contributed by atoms with Gasteiger partial charge in [-0.25, -0.2) is 4.98 Å². The van der Waals surface area contributed by atoms with Crippen LogP contribution in [0, 0.1) is 6.92 Å². The van der Waals surface area contributed by atoms with Gasteiger partial charge in [-0.1, -0.05) is 13.8 Å². The van der Waals surface area contributed by atoms with E-state index in [2.05, 4.69) is 30.2 Å². The zero-order chi connectivity index (χ0) is 15.2. The molecule has 1 N–H and O–H groups in total. The summed E-state index contributed by atoms with van der Waals surface area (Å²) < 4.78 is 11.3. The standard InChI is InChI=1S/C16H28N2O2/c1-12(2)17-11-14-9-13(3)18-15(10-14)19-7-8-20-16(4,5)6/h9-10,12,17H,7-8,11H2,1-6H3. The Morgan fingerprint density at radius 3 is 2.50 bits per heavy atom. The van der Waals surface area contributed by atoms with Gasteiger partial charge in [-0.05, 0) is 39.3 Å². The molecule has 0 saturated carbocycles. The van der Waals surface area contributed by atoms with Crippen LogP contribution in [0.15, 0.2) is 12.1 Å². The first kappa shape index (κ1) is 16.9. The van der Waals surface area contributed by atoms with Crippen LogP contribution in [-0.2, 0) is 11.3 Å². The van der Waals surface area contributed by atoms with Gasteiger partial charge in [-0.15, -0.1) is 0 Å². The third kappa shape index (κ3) is 7.46. The van der Waals surface area contributed by atoms with Crippen molar-refractivity contribution in [3.8, 4) is 5.88 Å². The van der Waals surface area contributed by atoms with Gasteiger partial charge in [-0.3, -0.25) is 0 Å². The molecule has 114 valence electrons. The minimum Gasteiger partial charge on any atom is -0.475 e. The van der Waals surface area contributed by atoms with Crippen LogP contribution in [-0.4, -0.2) is 29.8 Å². The van der Waals surface area contributed by atoms with E-state index in [1.54, 1.807) is 0 Å². The summed E-state index contributed by atoms with van der Waals surface area (Å²) in [5.74, 6) is 0.670. The highest BCUT2D eigenvalue weighted by Crippen LogP contribution is 2.13. The largest absolute Gasteiger partial charge is 0.475 e. The van der Waals surface area contributed by atoms with Crippen LogP contribution in [0.5, 0.6) is 5.88 Å². The second-order valence-electron chi connectivity index (χ2n) is 6.30. The second kappa shape index (κ2) is 7.60. The van der Waals surface area contributed by atoms with E-state index in [1.165, 1.54) is 5.56 Å². The summed E-state index contributed by atoms with van der Waals surface area (Å²) in [6.45, 7) is 14.3. The van der Waals surface area contributed by atoms with Gasteiger partial charge in [0.2, 0.25) is 5.88 Å². The quantitative estimate of drug-likeness (QED) is 0.780. The molecule has 0 amide bonds. The molecule has 0 unspecified atom stereocenters. The minimum absolute atomic E-state index is 0.129. The molecule has 4 nitrogen and oxygen atoms in total. The van der Waals surface area contributed by atoms with Crippen LogP contribution in [0.25, 0.3) is 0 Å². The fraction of sp³-hybridized carbons (Fsp3) is 0.688. The Morgan fingerprint density at radius 2 is 1.90 bits per heavy atom. The SMILES string of the molecule is Cc1cc(CNC(C)C)cc(OCCOC(C)(C)C)n1. The average Bonchev–Trinajstić information content (AvgIpc) is 2.30. The molecule has 0 saturated heterocycles. The Labute approximate surface area is 122 Å². The summed E-state index contributed by atoms with van der Waals surface area (Å²) in [5.41, 5.74) is 2.04. The van der Waals surface area contributed by atoms with Crippen molar-refractivity contribution in [2.24, 2.45) is 0 Å². The van der Waals surface area contributed by atoms with Crippen molar-refractivity contribution < 1.29 is 9.47 Å². The molecule has 0 fully saturated rings. The van der Waals surface area contributed by atoms with E-state index in [9.17, 15) is 0 Å².